The van der Waals surface area contributed by atoms with Crippen LogP contribution < -0.4 is 11.1 Å². The number of nitrogens with one attached hydrogen (secondary N) is 2. The van der Waals surface area contributed by atoms with Crippen molar-refractivity contribution < 1.29 is 8.78 Å². The number of halogens is 3. The molecule has 9 heteroatoms. The number of H-pyrrole nitrogens is 1. The van der Waals surface area contributed by atoms with Crippen molar-refractivity contribution in [2.75, 3.05) is 32.5 Å². The molecule has 27 heavy (non-hydrogen) atoms. The van der Waals surface area contributed by atoms with Gasteiger partial charge in [-0.3, -0.25) is 0 Å². The zero-order chi connectivity index (χ0) is 19.6. The highest BCUT2D eigenvalue weighted by atomic mass is 79.9. The number of anilines is 1. The van der Waals surface area contributed by atoms with Crippen molar-refractivity contribution in [2.24, 2.45) is 10.7 Å². The first-order valence-electron chi connectivity index (χ1n) is 8.21. The molecule has 3 rings (SSSR count). The zero-order valence-electron chi connectivity index (χ0n) is 14.9. The number of nitrogens with zero attached hydrogens (tertiary/aromatic N) is 3. The molecule has 0 atom stereocenters. The van der Waals surface area contributed by atoms with Crippen LogP contribution in [-0.4, -0.2) is 47.9 Å². The van der Waals surface area contributed by atoms with Crippen LogP contribution in [0.5, 0.6) is 0 Å². The molecule has 0 aliphatic rings. The minimum atomic E-state index is -1.03. The topological polar surface area (TPSA) is 82.3 Å². The molecule has 4 N–H and O–H groups in total. The van der Waals surface area contributed by atoms with E-state index in [-0.39, 0.29) is 22.4 Å². The fourth-order valence-electron chi connectivity index (χ4n) is 2.53. The summed E-state index contributed by atoms with van der Waals surface area (Å²) in [5.41, 5.74) is 7.08. The molecule has 3 aromatic rings. The van der Waals surface area contributed by atoms with E-state index in [0.717, 1.165) is 17.1 Å². The Hall–Kier alpha value is -2.52. The van der Waals surface area contributed by atoms with E-state index in [9.17, 15) is 8.78 Å². The van der Waals surface area contributed by atoms with Crippen molar-refractivity contribution in [1.82, 2.24) is 14.9 Å². The van der Waals surface area contributed by atoms with Gasteiger partial charge in [-0.2, -0.15) is 0 Å². The number of amidine groups is 1. The average molecular weight is 437 g/mol. The minimum Gasteiger partial charge on any atom is -0.383 e. The summed E-state index contributed by atoms with van der Waals surface area (Å²) in [6, 6.07) is 8.21. The van der Waals surface area contributed by atoms with E-state index in [1.807, 2.05) is 25.1 Å². The van der Waals surface area contributed by atoms with Gasteiger partial charge in [-0.05, 0) is 38.4 Å². The highest BCUT2D eigenvalue weighted by Gasteiger charge is 2.18. The summed E-state index contributed by atoms with van der Waals surface area (Å²) in [7, 11) is 3.87. The normalized spacial score (nSPS) is 12.1. The van der Waals surface area contributed by atoms with Crippen molar-refractivity contribution in [3.63, 3.8) is 0 Å². The molecule has 0 spiro atoms. The summed E-state index contributed by atoms with van der Waals surface area (Å²) in [5.74, 6) is -1.66. The van der Waals surface area contributed by atoms with Crippen LogP contribution in [-0.2, 0) is 0 Å². The third-order valence-corrected chi connectivity index (χ3v) is 4.34. The molecule has 0 aliphatic heterocycles. The first-order chi connectivity index (χ1) is 12.8. The summed E-state index contributed by atoms with van der Waals surface area (Å²) in [5, 5.41) is 3.05. The van der Waals surface area contributed by atoms with Crippen molar-refractivity contribution in [3.8, 4) is 0 Å². The maximum absolute atomic E-state index is 14.2. The molecular formula is C18H19BrF2N6. The van der Waals surface area contributed by atoms with Gasteiger partial charge in [0.15, 0.2) is 11.6 Å². The molecule has 0 radical (unpaired) electrons. The van der Waals surface area contributed by atoms with Crippen LogP contribution in [0.15, 0.2) is 39.8 Å². The predicted octanol–water partition coefficient (Wildman–Crippen LogP) is 3.61. The number of rotatable bonds is 6. The van der Waals surface area contributed by atoms with Crippen LogP contribution in [0.25, 0.3) is 11.0 Å². The Bertz CT molecular complexity index is 999. The number of imidazole rings is 1. The van der Waals surface area contributed by atoms with E-state index in [0.29, 0.717) is 18.2 Å². The number of nitrogens with two attached hydrogens (primary N) is 1. The summed E-state index contributed by atoms with van der Waals surface area (Å²) in [4.78, 5) is 13.4. The van der Waals surface area contributed by atoms with Gasteiger partial charge in [-0.15, -0.1) is 0 Å². The van der Waals surface area contributed by atoms with Gasteiger partial charge >= 0.3 is 0 Å². The second-order valence-electron chi connectivity index (χ2n) is 6.24. The third-order valence-electron chi connectivity index (χ3n) is 3.85. The number of benzene rings is 2. The SMILES string of the molecule is CN(C)CCNc1nc2c(F)c(F)cc(C(N)=Nc3cccc(Br)c3)c2[nH]1. The highest BCUT2D eigenvalue weighted by Crippen LogP contribution is 2.26. The Morgan fingerprint density at radius 2 is 2.11 bits per heavy atom. The second kappa shape index (κ2) is 8.01. The number of aliphatic imine (C=N–C) groups is 1. The molecule has 2 aromatic carbocycles. The molecule has 0 unspecified atom stereocenters. The monoisotopic (exact) mass is 436 g/mol. The lowest BCUT2D eigenvalue weighted by atomic mass is 10.1. The number of hydrogen-bond acceptors (Lipinski definition) is 4. The fraction of sp³-hybridized carbons (Fsp3) is 0.222. The lowest BCUT2D eigenvalue weighted by Gasteiger charge is -2.09. The fourth-order valence-corrected chi connectivity index (χ4v) is 2.92. The Labute approximate surface area is 163 Å². The van der Waals surface area contributed by atoms with Crippen LogP contribution in [0.3, 0.4) is 0 Å². The Morgan fingerprint density at radius 3 is 2.81 bits per heavy atom. The largest absolute Gasteiger partial charge is 0.383 e. The van der Waals surface area contributed by atoms with Crippen molar-refractivity contribution in [3.05, 3.63) is 52.0 Å². The molecule has 0 bridgehead atoms. The van der Waals surface area contributed by atoms with Crippen molar-refractivity contribution in [2.45, 2.75) is 0 Å². The molecule has 1 heterocycles. The molecular weight excluding hydrogens is 418 g/mol. The average Bonchev–Trinajstić information content (AvgIpc) is 3.02. The van der Waals surface area contributed by atoms with Gasteiger partial charge in [-0.1, -0.05) is 22.0 Å². The standard InChI is InChI=1S/C18H19BrF2N6/c1-27(2)7-6-23-18-25-15-12(9-13(20)14(21)16(15)26-18)17(22)24-11-5-3-4-10(19)8-11/h3-5,8-9H,6-7H2,1-2H3,(H2,22,24)(H2,23,25,26). The second-order valence-corrected chi connectivity index (χ2v) is 7.15. The molecule has 142 valence electrons. The van der Waals surface area contributed by atoms with Gasteiger partial charge in [0.05, 0.1) is 11.2 Å². The lowest BCUT2D eigenvalue weighted by molar-refractivity contribution is 0.425. The van der Waals surface area contributed by atoms with Crippen LogP contribution in [0.2, 0.25) is 0 Å². The minimum absolute atomic E-state index is 0.0560. The Morgan fingerprint density at radius 1 is 1.33 bits per heavy atom. The highest BCUT2D eigenvalue weighted by molar-refractivity contribution is 9.10. The van der Waals surface area contributed by atoms with Gasteiger partial charge in [0.25, 0.3) is 0 Å². The summed E-state index contributed by atoms with van der Waals surface area (Å²) in [6.07, 6.45) is 0. The van der Waals surface area contributed by atoms with E-state index in [1.165, 1.54) is 0 Å². The molecule has 0 fully saturated rings. The van der Waals surface area contributed by atoms with Crippen LogP contribution >= 0.6 is 15.9 Å². The van der Waals surface area contributed by atoms with Crippen LogP contribution in [0.4, 0.5) is 20.4 Å². The number of hydrogen-bond donors (Lipinski definition) is 3. The maximum atomic E-state index is 14.2. The van der Waals surface area contributed by atoms with E-state index in [4.69, 9.17) is 5.73 Å². The Kier molecular flexibility index (Phi) is 5.71. The predicted molar refractivity (Wildman–Crippen MR) is 108 cm³/mol. The van der Waals surface area contributed by atoms with E-state index in [2.05, 4.69) is 36.2 Å². The molecule has 1 aromatic heterocycles. The Balaban J connectivity index is 2.01. The van der Waals surface area contributed by atoms with E-state index in [1.54, 1.807) is 18.2 Å². The van der Waals surface area contributed by atoms with Crippen LogP contribution in [0.1, 0.15) is 5.56 Å². The van der Waals surface area contributed by atoms with Crippen LogP contribution in [0, 0.1) is 11.6 Å². The summed E-state index contributed by atoms with van der Waals surface area (Å²) in [6.45, 7) is 1.35. The summed E-state index contributed by atoms with van der Waals surface area (Å²) >= 11 is 3.36. The molecule has 0 aliphatic carbocycles. The number of aromatic nitrogens is 2. The van der Waals surface area contributed by atoms with E-state index < -0.39 is 11.6 Å². The van der Waals surface area contributed by atoms with Gasteiger partial charge in [0.2, 0.25) is 5.95 Å². The smallest absolute Gasteiger partial charge is 0.201 e. The van der Waals surface area contributed by atoms with Gasteiger partial charge in [0, 0.05) is 23.1 Å². The summed E-state index contributed by atoms with van der Waals surface area (Å²) < 4.78 is 29.1. The van der Waals surface area contributed by atoms with Crippen molar-refractivity contribution in [1.29, 1.82) is 0 Å². The number of likely N-dealkylation sites (N-methyl/N-ethyl adjacent to an activating group) is 1. The maximum Gasteiger partial charge on any atom is 0.201 e. The molecule has 0 saturated heterocycles. The first-order valence-corrected chi connectivity index (χ1v) is 9.01. The van der Waals surface area contributed by atoms with E-state index >= 15 is 0 Å². The number of aromatic amines is 1. The van der Waals surface area contributed by atoms with Crippen molar-refractivity contribution >= 4 is 44.4 Å². The molecule has 0 saturated carbocycles. The first kappa shape index (κ1) is 19.2. The molecule has 0 amide bonds. The zero-order valence-corrected chi connectivity index (χ0v) is 16.4. The van der Waals surface area contributed by atoms with Gasteiger partial charge < -0.3 is 20.9 Å². The third kappa shape index (κ3) is 4.42. The number of fused-ring (bicyclic) bond motifs is 1. The lowest BCUT2D eigenvalue weighted by Crippen LogP contribution is -2.21. The van der Waals surface area contributed by atoms with Gasteiger partial charge in [-0.25, -0.2) is 18.8 Å². The van der Waals surface area contributed by atoms with Gasteiger partial charge in [0.1, 0.15) is 11.4 Å². The molecule has 6 nitrogen and oxygen atoms in total. The quantitative estimate of drug-likeness (QED) is 0.407.